The van der Waals surface area contributed by atoms with Crippen molar-refractivity contribution >= 4 is 45.2 Å². The molecule has 3 aromatic rings. The zero-order valence-electron chi connectivity index (χ0n) is 17.9. The van der Waals surface area contributed by atoms with Crippen LogP contribution in [-0.2, 0) is 19.1 Å². The summed E-state index contributed by atoms with van der Waals surface area (Å²) in [5.74, 6) is -0.624. The van der Waals surface area contributed by atoms with Crippen molar-refractivity contribution in [2.24, 2.45) is 5.10 Å². The number of thiophene rings is 1. The fraction of sp³-hybridized carbons (Fsp3) is 0.217. The average molecular weight is 452 g/mol. The van der Waals surface area contributed by atoms with Gasteiger partial charge in [-0.05, 0) is 31.2 Å². The lowest BCUT2D eigenvalue weighted by molar-refractivity contribution is -0.135. The molecule has 1 aromatic heterocycles. The third kappa shape index (κ3) is 4.06. The Morgan fingerprint density at radius 2 is 1.75 bits per heavy atom. The van der Waals surface area contributed by atoms with Gasteiger partial charge in [0.05, 0.1) is 5.56 Å². The minimum atomic E-state index is -0.944. The zero-order valence-corrected chi connectivity index (χ0v) is 18.7. The molecule has 0 radical (unpaired) electrons. The van der Waals surface area contributed by atoms with Gasteiger partial charge in [-0.3, -0.25) is 14.4 Å². The van der Waals surface area contributed by atoms with Gasteiger partial charge in [-0.15, -0.1) is 16.4 Å². The largest absolute Gasteiger partial charge is 0.445 e. The number of benzene rings is 2. The predicted molar refractivity (Wildman–Crippen MR) is 119 cm³/mol. The van der Waals surface area contributed by atoms with Crippen LogP contribution in [0, 0.1) is 6.92 Å². The first kappa shape index (κ1) is 21.5. The van der Waals surface area contributed by atoms with E-state index in [0.717, 1.165) is 15.6 Å². The molecule has 0 aliphatic carbocycles. The Hall–Kier alpha value is -3.72. The van der Waals surface area contributed by atoms with Gasteiger partial charge in [0, 0.05) is 30.9 Å². The van der Waals surface area contributed by atoms with Crippen LogP contribution in [0.4, 0.5) is 0 Å². The molecule has 2 heterocycles. The number of rotatable bonds is 4. The zero-order chi connectivity index (χ0) is 23.0. The van der Waals surface area contributed by atoms with Crippen LogP contribution in [0.3, 0.4) is 0 Å². The smallest absolute Gasteiger partial charge is 0.308 e. The van der Waals surface area contributed by atoms with Crippen molar-refractivity contribution in [3.63, 3.8) is 0 Å². The topological polar surface area (TPSA) is 94.5 Å². The summed E-state index contributed by atoms with van der Waals surface area (Å²) in [5, 5.41) is 6.29. The van der Waals surface area contributed by atoms with Gasteiger partial charge >= 0.3 is 11.9 Å². The maximum absolute atomic E-state index is 12.4. The molecule has 1 amide bonds. The second-order valence-electron chi connectivity index (χ2n) is 7.22. The molecule has 0 saturated heterocycles. The first-order valence-electron chi connectivity index (χ1n) is 9.79. The summed E-state index contributed by atoms with van der Waals surface area (Å²) in [4.78, 5) is 36.3. The van der Waals surface area contributed by atoms with Crippen molar-refractivity contribution in [2.75, 3.05) is 0 Å². The molecule has 0 unspecified atom stereocenters. The Labute approximate surface area is 188 Å². The molecule has 9 heteroatoms. The van der Waals surface area contributed by atoms with Crippen molar-refractivity contribution in [1.82, 2.24) is 5.01 Å². The van der Waals surface area contributed by atoms with Crippen molar-refractivity contribution in [3.05, 3.63) is 58.5 Å². The number of carbonyl (C=O) groups is 3. The minimum absolute atomic E-state index is 0.122. The molecule has 8 nitrogen and oxygen atoms in total. The van der Waals surface area contributed by atoms with E-state index in [4.69, 9.17) is 14.2 Å². The van der Waals surface area contributed by atoms with E-state index < -0.39 is 18.2 Å². The maximum atomic E-state index is 12.4. The fourth-order valence-electron chi connectivity index (χ4n) is 3.35. The maximum Gasteiger partial charge on any atom is 0.308 e. The van der Waals surface area contributed by atoms with Gasteiger partial charge in [0.1, 0.15) is 10.6 Å². The van der Waals surface area contributed by atoms with Crippen molar-refractivity contribution in [2.45, 2.75) is 33.9 Å². The quantitative estimate of drug-likeness (QED) is 0.433. The summed E-state index contributed by atoms with van der Waals surface area (Å²) < 4.78 is 17.8. The Balaban J connectivity index is 1.81. The number of hydrogen-bond donors (Lipinski definition) is 0. The third-order valence-corrected chi connectivity index (χ3v) is 5.81. The lowest BCUT2D eigenvalue weighted by Crippen LogP contribution is -2.25. The van der Waals surface area contributed by atoms with Crippen LogP contribution in [0.5, 0.6) is 11.5 Å². The standard InChI is InChI=1S/C23H20N2O6S/c1-12-9-10-18(29-14(3)27)17(11-12)22-24-25(13(2)26)23(31-22)21-20(30-15(4)28)16-7-5-6-8-19(16)32-21/h5-11,23H,1-4H3/t23-/m1/s1. The highest BCUT2D eigenvalue weighted by atomic mass is 32.1. The predicted octanol–water partition coefficient (Wildman–Crippen LogP) is 4.30. The van der Waals surface area contributed by atoms with E-state index in [1.165, 1.54) is 37.1 Å². The fourth-order valence-corrected chi connectivity index (χ4v) is 4.50. The Kier molecular flexibility index (Phi) is 5.67. The number of carbonyl (C=O) groups excluding carboxylic acids is 3. The van der Waals surface area contributed by atoms with E-state index in [1.54, 1.807) is 18.2 Å². The Morgan fingerprint density at radius 1 is 1.03 bits per heavy atom. The van der Waals surface area contributed by atoms with Crippen LogP contribution in [0.2, 0.25) is 0 Å². The lowest BCUT2D eigenvalue weighted by atomic mass is 10.1. The molecule has 0 fully saturated rings. The van der Waals surface area contributed by atoms with Crippen LogP contribution in [0.25, 0.3) is 10.1 Å². The molecular formula is C23H20N2O6S. The summed E-state index contributed by atoms with van der Waals surface area (Å²) in [6.07, 6.45) is -0.944. The average Bonchev–Trinajstić information content (AvgIpc) is 3.31. The molecule has 2 aromatic carbocycles. The van der Waals surface area contributed by atoms with Gasteiger partial charge < -0.3 is 14.2 Å². The van der Waals surface area contributed by atoms with Crippen LogP contribution in [0.15, 0.2) is 47.6 Å². The molecule has 1 atom stereocenters. The molecule has 0 spiro atoms. The number of ether oxygens (including phenoxy) is 3. The summed E-state index contributed by atoms with van der Waals surface area (Å²) in [6, 6.07) is 12.6. The first-order valence-corrected chi connectivity index (χ1v) is 10.6. The highest BCUT2D eigenvalue weighted by molar-refractivity contribution is 7.19. The van der Waals surface area contributed by atoms with E-state index in [1.807, 2.05) is 31.2 Å². The number of amides is 1. The number of hydrazone groups is 1. The third-order valence-electron chi connectivity index (χ3n) is 4.63. The monoisotopic (exact) mass is 452 g/mol. The molecule has 32 heavy (non-hydrogen) atoms. The van der Waals surface area contributed by atoms with Crippen LogP contribution >= 0.6 is 11.3 Å². The normalized spacial score (nSPS) is 15.3. The summed E-state index contributed by atoms with van der Waals surface area (Å²) in [5.41, 5.74) is 1.33. The number of aryl methyl sites for hydroxylation is 1. The second-order valence-corrected chi connectivity index (χ2v) is 8.30. The van der Waals surface area contributed by atoms with Crippen molar-refractivity contribution in [1.29, 1.82) is 0 Å². The Bertz CT molecular complexity index is 1280. The van der Waals surface area contributed by atoms with E-state index in [-0.39, 0.29) is 17.6 Å². The van der Waals surface area contributed by atoms with Gasteiger partial charge in [-0.1, -0.05) is 23.8 Å². The van der Waals surface area contributed by atoms with Crippen LogP contribution in [0.1, 0.15) is 43.0 Å². The minimum Gasteiger partial charge on any atom is -0.445 e. The lowest BCUT2D eigenvalue weighted by Gasteiger charge is -2.19. The second kappa shape index (κ2) is 8.43. The van der Waals surface area contributed by atoms with Gasteiger partial charge in [0.2, 0.25) is 18.0 Å². The molecule has 4 rings (SSSR count). The van der Waals surface area contributed by atoms with E-state index in [9.17, 15) is 14.4 Å². The number of fused-ring (bicyclic) bond motifs is 1. The highest BCUT2D eigenvalue weighted by Gasteiger charge is 2.38. The van der Waals surface area contributed by atoms with E-state index in [0.29, 0.717) is 16.2 Å². The molecule has 0 bridgehead atoms. The van der Waals surface area contributed by atoms with Crippen molar-refractivity contribution in [3.8, 4) is 11.5 Å². The Morgan fingerprint density at radius 3 is 2.44 bits per heavy atom. The summed E-state index contributed by atoms with van der Waals surface area (Å²) in [6.45, 7) is 5.86. The van der Waals surface area contributed by atoms with Crippen LogP contribution < -0.4 is 9.47 Å². The number of nitrogens with zero attached hydrogens (tertiary/aromatic N) is 2. The summed E-state index contributed by atoms with van der Waals surface area (Å²) >= 11 is 1.34. The number of hydrogen-bond acceptors (Lipinski definition) is 8. The molecule has 0 N–H and O–H groups in total. The molecule has 0 saturated carbocycles. The molecular weight excluding hydrogens is 432 g/mol. The van der Waals surface area contributed by atoms with Crippen LogP contribution in [-0.4, -0.2) is 28.8 Å². The van der Waals surface area contributed by atoms with Gasteiger partial charge in [0.15, 0.2) is 5.75 Å². The number of esters is 2. The van der Waals surface area contributed by atoms with Gasteiger partial charge in [-0.25, -0.2) is 0 Å². The molecule has 1 aliphatic heterocycles. The van der Waals surface area contributed by atoms with E-state index in [2.05, 4.69) is 5.10 Å². The SMILES string of the molecule is CC(=O)Oc1ccc(C)cc1C1=NN(C(C)=O)[C@@H](c2sc3ccccc3c2OC(C)=O)O1. The highest BCUT2D eigenvalue weighted by Crippen LogP contribution is 2.46. The molecule has 164 valence electrons. The van der Waals surface area contributed by atoms with Crippen molar-refractivity contribution < 1.29 is 28.6 Å². The van der Waals surface area contributed by atoms with E-state index >= 15 is 0 Å². The van der Waals surface area contributed by atoms with Gasteiger partial charge in [-0.2, -0.15) is 5.01 Å². The van der Waals surface area contributed by atoms with Gasteiger partial charge in [0.25, 0.3) is 0 Å². The first-order chi connectivity index (χ1) is 15.2. The summed E-state index contributed by atoms with van der Waals surface area (Å²) in [7, 11) is 0. The molecule has 1 aliphatic rings.